The Hall–Kier alpha value is -1.26. The van der Waals surface area contributed by atoms with Crippen molar-refractivity contribution in [1.29, 1.82) is 0 Å². The molecule has 1 aromatic rings. The highest BCUT2D eigenvalue weighted by Gasteiger charge is 2.69. The molecule has 1 saturated carbocycles. The number of rotatable bonds is 4. The van der Waals surface area contributed by atoms with Crippen LogP contribution in [0.1, 0.15) is 24.5 Å². The Balaban J connectivity index is 1.90. The second kappa shape index (κ2) is 5.50. The maximum absolute atomic E-state index is 11.9. The van der Waals surface area contributed by atoms with Crippen LogP contribution < -0.4 is 5.32 Å². The van der Waals surface area contributed by atoms with E-state index in [0.29, 0.717) is 6.42 Å². The van der Waals surface area contributed by atoms with Crippen molar-refractivity contribution in [3.8, 4) is 0 Å². The zero-order valence-corrected chi connectivity index (χ0v) is 13.6. The minimum atomic E-state index is -1.09. The summed E-state index contributed by atoms with van der Waals surface area (Å²) in [5, 5.41) is 2.74. The SMILES string of the molecule is Cc1cccc(C)c1NC(=O)COC(=O)C1(C)CC1(Cl)Cl. The standard InChI is InChI=1S/C15H17Cl2NO3/c1-9-5-4-6-10(2)12(9)18-11(19)7-21-13(20)14(3)8-15(14,16)17/h4-6H,7-8H2,1-3H3,(H,18,19). The summed E-state index contributed by atoms with van der Waals surface area (Å²) in [6, 6.07) is 5.71. The fourth-order valence-corrected chi connectivity index (χ4v) is 2.79. The molecule has 1 N–H and O–H groups in total. The Kier molecular flexibility index (Phi) is 4.22. The third-order valence-corrected chi connectivity index (χ3v) is 4.89. The average molecular weight is 330 g/mol. The smallest absolute Gasteiger partial charge is 0.315 e. The van der Waals surface area contributed by atoms with Gasteiger partial charge in [-0.25, -0.2) is 0 Å². The van der Waals surface area contributed by atoms with Crippen LogP contribution in [0.4, 0.5) is 5.69 Å². The van der Waals surface area contributed by atoms with Crippen molar-refractivity contribution >= 4 is 40.8 Å². The van der Waals surface area contributed by atoms with Crippen LogP contribution in [-0.2, 0) is 14.3 Å². The molecule has 0 bridgehead atoms. The normalized spacial score (nSPS) is 22.5. The van der Waals surface area contributed by atoms with Gasteiger partial charge in [0.15, 0.2) is 6.61 Å². The zero-order chi connectivity index (χ0) is 15.8. The van der Waals surface area contributed by atoms with E-state index in [1.807, 2.05) is 32.0 Å². The van der Waals surface area contributed by atoms with Crippen molar-refractivity contribution in [3.63, 3.8) is 0 Å². The van der Waals surface area contributed by atoms with Crippen molar-refractivity contribution in [1.82, 2.24) is 0 Å². The highest BCUT2D eigenvalue weighted by molar-refractivity contribution is 6.53. The molecule has 6 heteroatoms. The van der Waals surface area contributed by atoms with Gasteiger partial charge in [0.1, 0.15) is 9.75 Å². The fraction of sp³-hybridized carbons (Fsp3) is 0.467. The van der Waals surface area contributed by atoms with Gasteiger partial charge in [-0.2, -0.15) is 0 Å². The van der Waals surface area contributed by atoms with Crippen LogP contribution in [0.3, 0.4) is 0 Å². The van der Waals surface area contributed by atoms with E-state index in [9.17, 15) is 9.59 Å². The molecule has 0 saturated heterocycles. The van der Waals surface area contributed by atoms with Gasteiger partial charge in [-0.05, 0) is 31.9 Å². The summed E-state index contributed by atoms with van der Waals surface area (Å²) in [6.45, 7) is 5.06. The number of aryl methyl sites for hydroxylation is 2. The Bertz CT molecular complexity index is 580. The van der Waals surface area contributed by atoms with E-state index < -0.39 is 15.7 Å². The molecular weight excluding hydrogens is 313 g/mol. The van der Waals surface area contributed by atoms with Crippen LogP contribution >= 0.6 is 23.2 Å². The van der Waals surface area contributed by atoms with Crippen LogP contribution in [-0.4, -0.2) is 22.8 Å². The molecule has 1 aromatic carbocycles. The first-order valence-corrected chi connectivity index (χ1v) is 7.34. The number of hydrogen-bond acceptors (Lipinski definition) is 3. The minimum Gasteiger partial charge on any atom is -0.455 e. The average Bonchev–Trinajstić information content (AvgIpc) is 2.91. The van der Waals surface area contributed by atoms with Gasteiger partial charge in [-0.3, -0.25) is 9.59 Å². The molecule has 4 nitrogen and oxygen atoms in total. The van der Waals surface area contributed by atoms with E-state index in [2.05, 4.69) is 5.32 Å². The molecule has 1 unspecified atom stereocenters. The molecule has 1 atom stereocenters. The molecule has 0 spiro atoms. The van der Waals surface area contributed by atoms with Gasteiger partial charge in [0, 0.05) is 12.1 Å². The van der Waals surface area contributed by atoms with Crippen molar-refractivity contribution in [2.45, 2.75) is 31.5 Å². The number of halogens is 2. The number of para-hydroxylation sites is 1. The van der Waals surface area contributed by atoms with Crippen molar-refractivity contribution < 1.29 is 14.3 Å². The van der Waals surface area contributed by atoms with Gasteiger partial charge in [-0.1, -0.05) is 18.2 Å². The summed E-state index contributed by atoms with van der Waals surface area (Å²) < 4.78 is 3.91. The number of amides is 1. The Morgan fingerprint density at radius 1 is 1.29 bits per heavy atom. The molecule has 21 heavy (non-hydrogen) atoms. The second-order valence-electron chi connectivity index (χ2n) is 5.60. The van der Waals surface area contributed by atoms with E-state index in [-0.39, 0.29) is 12.5 Å². The molecule has 1 aliphatic carbocycles. The molecule has 0 heterocycles. The Labute approximate surface area is 133 Å². The van der Waals surface area contributed by atoms with Crippen LogP contribution in [0, 0.1) is 19.3 Å². The third-order valence-electron chi connectivity index (χ3n) is 3.79. The summed E-state index contributed by atoms with van der Waals surface area (Å²) in [5.41, 5.74) is 1.71. The lowest BCUT2D eigenvalue weighted by atomic mass is 10.1. The number of benzene rings is 1. The topological polar surface area (TPSA) is 55.4 Å². The lowest BCUT2D eigenvalue weighted by Crippen LogP contribution is -2.27. The van der Waals surface area contributed by atoms with Crippen LogP contribution in [0.25, 0.3) is 0 Å². The predicted molar refractivity (Wildman–Crippen MR) is 82.7 cm³/mol. The van der Waals surface area contributed by atoms with E-state index in [1.165, 1.54) is 0 Å². The summed E-state index contributed by atoms with van der Waals surface area (Å²) in [5.74, 6) is -0.941. The number of ether oxygens (including phenoxy) is 1. The predicted octanol–water partition coefficient (Wildman–Crippen LogP) is 3.37. The molecule has 114 valence electrons. The molecule has 0 aliphatic heterocycles. The van der Waals surface area contributed by atoms with Gasteiger partial charge in [0.2, 0.25) is 0 Å². The molecule has 1 fully saturated rings. The van der Waals surface area contributed by atoms with Crippen LogP contribution in [0.2, 0.25) is 0 Å². The van der Waals surface area contributed by atoms with Crippen molar-refractivity contribution in [3.05, 3.63) is 29.3 Å². The molecule has 2 rings (SSSR count). The number of esters is 1. The highest BCUT2D eigenvalue weighted by atomic mass is 35.5. The van der Waals surface area contributed by atoms with Gasteiger partial charge in [0.05, 0.1) is 0 Å². The van der Waals surface area contributed by atoms with Crippen molar-refractivity contribution in [2.24, 2.45) is 5.41 Å². The minimum absolute atomic E-state index is 0.334. The summed E-state index contributed by atoms with van der Waals surface area (Å²) >= 11 is 11.8. The number of carbonyl (C=O) groups excluding carboxylic acids is 2. The molecule has 1 aliphatic rings. The monoisotopic (exact) mass is 329 g/mol. The van der Waals surface area contributed by atoms with Crippen LogP contribution in [0.5, 0.6) is 0 Å². The van der Waals surface area contributed by atoms with Crippen LogP contribution in [0.15, 0.2) is 18.2 Å². The molecule has 1 amide bonds. The van der Waals surface area contributed by atoms with E-state index in [1.54, 1.807) is 6.92 Å². The number of nitrogens with one attached hydrogen (secondary N) is 1. The number of anilines is 1. The number of carbonyl (C=O) groups is 2. The lowest BCUT2D eigenvalue weighted by molar-refractivity contribution is -0.152. The van der Waals surface area contributed by atoms with E-state index in [4.69, 9.17) is 27.9 Å². The maximum atomic E-state index is 11.9. The summed E-state index contributed by atoms with van der Waals surface area (Å²) in [4.78, 5) is 23.7. The number of hydrogen-bond donors (Lipinski definition) is 1. The first-order valence-electron chi connectivity index (χ1n) is 6.58. The first kappa shape index (κ1) is 16.1. The third kappa shape index (κ3) is 3.16. The largest absolute Gasteiger partial charge is 0.455 e. The number of alkyl halides is 2. The lowest BCUT2D eigenvalue weighted by Gasteiger charge is -2.13. The van der Waals surface area contributed by atoms with Gasteiger partial charge in [-0.15, -0.1) is 23.2 Å². The maximum Gasteiger partial charge on any atom is 0.315 e. The second-order valence-corrected chi connectivity index (χ2v) is 7.09. The fourth-order valence-electron chi connectivity index (χ4n) is 2.10. The molecule has 0 radical (unpaired) electrons. The quantitative estimate of drug-likeness (QED) is 0.680. The molecular formula is C15H17Cl2NO3. The first-order chi connectivity index (χ1) is 9.67. The Morgan fingerprint density at radius 3 is 2.29 bits per heavy atom. The highest BCUT2D eigenvalue weighted by Crippen LogP contribution is 2.64. The summed E-state index contributed by atoms with van der Waals surface area (Å²) in [7, 11) is 0. The Morgan fingerprint density at radius 2 is 1.81 bits per heavy atom. The summed E-state index contributed by atoms with van der Waals surface area (Å²) in [6.07, 6.45) is 0.334. The molecule has 0 aromatic heterocycles. The zero-order valence-electron chi connectivity index (χ0n) is 12.1. The van der Waals surface area contributed by atoms with E-state index >= 15 is 0 Å². The van der Waals surface area contributed by atoms with Crippen molar-refractivity contribution in [2.75, 3.05) is 11.9 Å². The van der Waals surface area contributed by atoms with Gasteiger partial charge in [0.25, 0.3) is 5.91 Å². The van der Waals surface area contributed by atoms with E-state index in [0.717, 1.165) is 16.8 Å². The van der Waals surface area contributed by atoms with Gasteiger partial charge < -0.3 is 10.1 Å². The van der Waals surface area contributed by atoms with Gasteiger partial charge >= 0.3 is 5.97 Å².